The second-order valence-electron chi connectivity index (χ2n) is 4.98. The van der Waals surface area contributed by atoms with Crippen molar-refractivity contribution in [2.24, 2.45) is 0 Å². The van der Waals surface area contributed by atoms with Crippen LogP contribution in [0.2, 0.25) is 0 Å². The molecule has 0 aliphatic rings. The number of carboxylic acid groups (broad SMARTS) is 1. The van der Waals surface area contributed by atoms with Crippen LogP contribution < -0.4 is 11.1 Å². The van der Waals surface area contributed by atoms with Crippen LogP contribution in [0.5, 0.6) is 0 Å². The van der Waals surface area contributed by atoms with Crippen LogP contribution in [0.25, 0.3) is 0 Å². The lowest BCUT2D eigenvalue weighted by Crippen LogP contribution is -2.11. The molecule has 0 aliphatic heterocycles. The summed E-state index contributed by atoms with van der Waals surface area (Å²) in [6.07, 6.45) is 0. The lowest BCUT2D eigenvalue weighted by atomic mass is 10.0. The molecule has 0 aromatic heterocycles. The molecule has 0 saturated heterocycles. The molecule has 4 nitrogen and oxygen atoms in total. The van der Waals surface area contributed by atoms with Gasteiger partial charge >= 0.3 is 5.97 Å². The molecular weight excluding hydrogens is 271 g/mol. The van der Waals surface area contributed by atoms with E-state index in [1.165, 1.54) is 18.2 Å². The van der Waals surface area contributed by atoms with Crippen molar-refractivity contribution in [2.45, 2.75) is 19.9 Å². The maximum atomic E-state index is 13.6. The smallest absolute Gasteiger partial charge is 0.337 e. The van der Waals surface area contributed by atoms with Gasteiger partial charge in [-0.05, 0) is 49.2 Å². The van der Waals surface area contributed by atoms with Crippen molar-refractivity contribution in [1.29, 1.82) is 0 Å². The van der Waals surface area contributed by atoms with E-state index in [-0.39, 0.29) is 17.4 Å². The summed E-state index contributed by atoms with van der Waals surface area (Å²) < 4.78 is 13.6. The number of rotatable bonds is 4. The zero-order chi connectivity index (χ0) is 15.6. The highest BCUT2D eigenvalue weighted by atomic mass is 19.1. The number of halogens is 1. The summed E-state index contributed by atoms with van der Waals surface area (Å²) in [4.78, 5) is 11.2. The zero-order valence-corrected chi connectivity index (χ0v) is 11.9. The third-order valence-corrected chi connectivity index (χ3v) is 3.34. The number of carbonyl (C=O) groups is 1. The minimum absolute atomic E-state index is 0.128. The van der Waals surface area contributed by atoms with Crippen molar-refractivity contribution in [2.75, 3.05) is 11.1 Å². The van der Waals surface area contributed by atoms with Gasteiger partial charge in [0, 0.05) is 11.7 Å². The van der Waals surface area contributed by atoms with Crippen LogP contribution in [-0.2, 0) is 0 Å². The van der Waals surface area contributed by atoms with E-state index in [4.69, 9.17) is 5.73 Å². The van der Waals surface area contributed by atoms with Crippen molar-refractivity contribution in [3.8, 4) is 0 Å². The molecule has 0 fully saturated rings. The average molecular weight is 288 g/mol. The Bertz CT molecular complexity index is 686. The molecule has 5 heteroatoms. The summed E-state index contributed by atoms with van der Waals surface area (Å²) in [5, 5.41) is 12.2. The van der Waals surface area contributed by atoms with Crippen molar-refractivity contribution in [1.82, 2.24) is 0 Å². The summed E-state index contributed by atoms with van der Waals surface area (Å²) in [7, 11) is 0. The molecule has 0 radical (unpaired) electrons. The SMILES string of the molecule is Cc1ccc(C(C)Nc2cc(N)ccc2C(=O)O)cc1F. The fraction of sp³-hybridized carbons (Fsp3) is 0.188. The minimum atomic E-state index is -1.04. The molecule has 4 N–H and O–H groups in total. The molecule has 0 heterocycles. The van der Waals surface area contributed by atoms with Crippen molar-refractivity contribution in [3.63, 3.8) is 0 Å². The Kier molecular flexibility index (Phi) is 4.12. The first-order valence-corrected chi connectivity index (χ1v) is 6.54. The van der Waals surface area contributed by atoms with Gasteiger partial charge in [0.25, 0.3) is 0 Å². The molecule has 0 amide bonds. The van der Waals surface area contributed by atoms with Gasteiger partial charge in [-0.2, -0.15) is 0 Å². The van der Waals surface area contributed by atoms with Crippen molar-refractivity contribution >= 4 is 17.3 Å². The monoisotopic (exact) mass is 288 g/mol. The van der Waals surface area contributed by atoms with Gasteiger partial charge in [-0.15, -0.1) is 0 Å². The van der Waals surface area contributed by atoms with E-state index >= 15 is 0 Å². The van der Waals surface area contributed by atoms with Gasteiger partial charge in [-0.25, -0.2) is 9.18 Å². The Balaban J connectivity index is 2.30. The first-order valence-electron chi connectivity index (χ1n) is 6.54. The van der Waals surface area contributed by atoms with Gasteiger partial charge < -0.3 is 16.2 Å². The molecule has 2 aromatic rings. The fourth-order valence-corrected chi connectivity index (χ4v) is 2.06. The predicted molar refractivity (Wildman–Crippen MR) is 81.0 cm³/mol. The fourth-order valence-electron chi connectivity index (χ4n) is 2.06. The van der Waals surface area contributed by atoms with Crippen LogP contribution in [0.1, 0.15) is 34.5 Å². The maximum absolute atomic E-state index is 13.6. The number of aromatic carboxylic acids is 1. The number of anilines is 2. The lowest BCUT2D eigenvalue weighted by Gasteiger charge is -2.18. The highest BCUT2D eigenvalue weighted by Gasteiger charge is 2.14. The highest BCUT2D eigenvalue weighted by Crippen LogP contribution is 2.25. The van der Waals surface area contributed by atoms with Crippen LogP contribution in [0.15, 0.2) is 36.4 Å². The molecule has 1 unspecified atom stereocenters. The molecular formula is C16H17FN2O2. The summed E-state index contributed by atoms with van der Waals surface area (Å²) in [5.74, 6) is -1.33. The van der Waals surface area contributed by atoms with Crippen LogP contribution in [0.4, 0.5) is 15.8 Å². The van der Waals surface area contributed by atoms with Gasteiger partial charge in [0.15, 0.2) is 0 Å². The third kappa shape index (κ3) is 3.31. The Hall–Kier alpha value is -2.56. The van der Waals surface area contributed by atoms with Crippen molar-refractivity contribution < 1.29 is 14.3 Å². The third-order valence-electron chi connectivity index (χ3n) is 3.34. The molecule has 2 aromatic carbocycles. The van der Waals surface area contributed by atoms with E-state index in [9.17, 15) is 14.3 Å². The first-order chi connectivity index (χ1) is 9.88. The topological polar surface area (TPSA) is 75.3 Å². The highest BCUT2D eigenvalue weighted by molar-refractivity contribution is 5.95. The summed E-state index contributed by atoms with van der Waals surface area (Å²) >= 11 is 0. The average Bonchev–Trinajstić information content (AvgIpc) is 2.41. The molecule has 21 heavy (non-hydrogen) atoms. The number of hydrogen-bond donors (Lipinski definition) is 3. The maximum Gasteiger partial charge on any atom is 0.337 e. The quantitative estimate of drug-likeness (QED) is 0.752. The van der Waals surface area contributed by atoms with Gasteiger partial charge in [0.1, 0.15) is 5.82 Å². The molecule has 0 saturated carbocycles. The summed E-state index contributed by atoms with van der Waals surface area (Å²) in [6, 6.07) is 9.24. The van der Waals surface area contributed by atoms with Crippen LogP contribution in [0, 0.1) is 12.7 Å². The van der Waals surface area contributed by atoms with E-state index in [0.29, 0.717) is 16.9 Å². The molecule has 0 aliphatic carbocycles. The van der Waals surface area contributed by atoms with Gasteiger partial charge in [0.2, 0.25) is 0 Å². The Morgan fingerprint density at radius 1 is 1.29 bits per heavy atom. The minimum Gasteiger partial charge on any atom is -0.478 e. The number of hydrogen-bond acceptors (Lipinski definition) is 3. The number of nitrogens with one attached hydrogen (secondary N) is 1. The van der Waals surface area contributed by atoms with E-state index in [1.54, 1.807) is 19.1 Å². The lowest BCUT2D eigenvalue weighted by molar-refractivity contribution is 0.0698. The Morgan fingerprint density at radius 2 is 2.00 bits per heavy atom. The van der Waals surface area contributed by atoms with Gasteiger partial charge in [-0.1, -0.05) is 12.1 Å². The Morgan fingerprint density at radius 3 is 2.62 bits per heavy atom. The normalized spacial score (nSPS) is 12.0. The van der Waals surface area contributed by atoms with Crippen LogP contribution in [0.3, 0.4) is 0 Å². The van der Waals surface area contributed by atoms with E-state index < -0.39 is 5.97 Å². The summed E-state index contributed by atoms with van der Waals surface area (Å²) in [5.41, 5.74) is 8.00. The zero-order valence-electron chi connectivity index (χ0n) is 11.9. The van der Waals surface area contributed by atoms with Crippen LogP contribution in [-0.4, -0.2) is 11.1 Å². The second kappa shape index (κ2) is 5.83. The largest absolute Gasteiger partial charge is 0.478 e. The van der Waals surface area contributed by atoms with E-state index in [1.807, 2.05) is 13.0 Å². The first kappa shape index (κ1) is 14.8. The molecule has 0 spiro atoms. The standard InChI is InChI=1S/C16H17FN2O2/c1-9-3-4-11(7-14(9)17)10(2)19-15-8-12(18)5-6-13(15)16(20)21/h3-8,10,19H,18H2,1-2H3,(H,20,21). The predicted octanol–water partition coefficient (Wildman–Crippen LogP) is 3.59. The Labute approximate surface area is 122 Å². The number of nitrogen functional groups attached to an aromatic ring is 1. The summed E-state index contributed by atoms with van der Waals surface area (Å²) in [6.45, 7) is 3.52. The second-order valence-corrected chi connectivity index (χ2v) is 4.98. The number of benzene rings is 2. The van der Waals surface area contributed by atoms with Gasteiger partial charge in [0.05, 0.1) is 11.3 Å². The van der Waals surface area contributed by atoms with Gasteiger partial charge in [-0.3, -0.25) is 0 Å². The number of nitrogens with two attached hydrogens (primary N) is 1. The molecule has 2 rings (SSSR count). The molecule has 1 atom stereocenters. The van der Waals surface area contributed by atoms with E-state index in [2.05, 4.69) is 5.32 Å². The number of aryl methyl sites for hydroxylation is 1. The van der Waals surface area contributed by atoms with E-state index in [0.717, 1.165) is 5.56 Å². The van der Waals surface area contributed by atoms with Crippen molar-refractivity contribution in [3.05, 3.63) is 58.9 Å². The molecule has 110 valence electrons. The number of carboxylic acids is 1. The van der Waals surface area contributed by atoms with Crippen LogP contribution >= 0.6 is 0 Å². The molecule has 0 bridgehead atoms.